The molecule has 158 valence electrons. The predicted octanol–water partition coefficient (Wildman–Crippen LogP) is 4.30. The van der Waals surface area contributed by atoms with E-state index in [1.807, 2.05) is 0 Å². The molecule has 32 heavy (non-hydrogen) atoms. The Labute approximate surface area is 180 Å². The van der Waals surface area contributed by atoms with Gasteiger partial charge in [-0.2, -0.15) is 0 Å². The van der Waals surface area contributed by atoms with Gasteiger partial charge in [0.05, 0.1) is 10.5 Å². The lowest BCUT2D eigenvalue weighted by atomic mass is 10.2. The summed E-state index contributed by atoms with van der Waals surface area (Å²) < 4.78 is 23.7. The lowest BCUT2D eigenvalue weighted by Gasteiger charge is -2.04. The van der Waals surface area contributed by atoms with Crippen molar-refractivity contribution in [3.63, 3.8) is 0 Å². The number of ether oxygens (including phenoxy) is 2. The van der Waals surface area contributed by atoms with E-state index >= 15 is 0 Å². The zero-order valence-corrected chi connectivity index (χ0v) is 16.2. The first-order valence-electron chi connectivity index (χ1n) is 9.24. The maximum atomic E-state index is 13.4. The summed E-state index contributed by atoms with van der Waals surface area (Å²) in [5.41, 5.74) is 1.01. The minimum Gasteiger partial charge on any atom is -0.423 e. The van der Waals surface area contributed by atoms with Crippen LogP contribution in [0.4, 0.5) is 10.1 Å². The predicted molar refractivity (Wildman–Crippen MR) is 112 cm³/mol. The Balaban J connectivity index is 1.46. The van der Waals surface area contributed by atoms with E-state index in [4.69, 9.17) is 9.47 Å². The van der Waals surface area contributed by atoms with Crippen molar-refractivity contribution in [1.29, 1.82) is 0 Å². The molecule has 0 bridgehead atoms. The summed E-state index contributed by atoms with van der Waals surface area (Å²) >= 11 is 0. The molecule has 0 radical (unpaired) electrons. The van der Waals surface area contributed by atoms with Crippen LogP contribution in [0.1, 0.15) is 21.5 Å². The molecule has 0 aromatic heterocycles. The Morgan fingerprint density at radius 3 is 2.44 bits per heavy atom. The van der Waals surface area contributed by atoms with Gasteiger partial charge in [-0.05, 0) is 54.1 Å². The molecule has 1 aliphatic rings. The van der Waals surface area contributed by atoms with Crippen LogP contribution in [0.2, 0.25) is 0 Å². The molecule has 1 heterocycles. The normalized spacial score (nSPS) is 14.1. The number of cyclic esters (lactones) is 1. The first-order chi connectivity index (χ1) is 15.4. The van der Waals surface area contributed by atoms with E-state index in [0.717, 1.165) is 0 Å². The van der Waals surface area contributed by atoms with Crippen molar-refractivity contribution in [2.24, 2.45) is 4.99 Å². The zero-order chi connectivity index (χ0) is 22.7. The van der Waals surface area contributed by atoms with Gasteiger partial charge in [-0.25, -0.2) is 19.0 Å². The Kier molecular flexibility index (Phi) is 5.54. The van der Waals surface area contributed by atoms with Crippen molar-refractivity contribution in [3.8, 4) is 5.75 Å². The number of halogens is 1. The summed E-state index contributed by atoms with van der Waals surface area (Å²) in [6, 6.07) is 16.8. The molecule has 0 saturated carbocycles. The minimum absolute atomic E-state index is 0.00870. The number of carbonyl (C=O) groups is 2. The standard InChI is InChI=1S/C23H13FN2O6/c24-17-3-1-2-16(13-17)21-25-20(23(28)32-21)12-14-4-10-19(11-5-14)31-22(27)15-6-8-18(9-7-15)26(29)30/h1-13H/b20-12-. The molecule has 0 saturated heterocycles. The molecule has 0 unspecified atom stereocenters. The third kappa shape index (κ3) is 4.57. The van der Waals surface area contributed by atoms with E-state index in [0.29, 0.717) is 11.1 Å². The molecule has 4 rings (SSSR count). The van der Waals surface area contributed by atoms with Crippen LogP contribution in [0, 0.1) is 15.9 Å². The monoisotopic (exact) mass is 432 g/mol. The van der Waals surface area contributed by atoms with Crippen molar-refractivity contribution in [2.75, 3.05) is 0 Å². The second-order valence-corrected chi connectivity index (χ2v) is 6.61. The second-order valence-electron chi connectivity index (χ2n) is 6.61. The molecule has 8 nitrogen and oxygen atoms in total. The molecule has 0 fully saturated rings. The van der Waals surface area contributed by atoms with E-state index in [9.17, 15) is 24.1 Å². The van der Waals surface area contributed by atoms with E-state index in [2.05, 4.69) is 4.99 Å². The third-order valence-electron chi connectivity index (χ3n) is 4.40. The number of nitro benzene ring substituents is 1. The average Bonchev–Trinajstić information content (AvgIpc) is 3.15. The van der Waals surface area contributed by atoms with Crippen LogP contribution < -0.4 is 4.74 Å². The fourth-order valence-corrected chi connectivity index (χ4v) is 2.83. The van der Waals surface area contributed by atoms with Gasteiger partial charge in [-0.3, -0.25) is 10.1 Å². The molecule has 3 aromatic carbocycles. The first-order valence-corrected chi connectivity index (χ1v) is 9.24. The van der Waals surface area contributed by atoms with Crippen molar-refractivity contribution >= 4 is 29.6 Å². The molecule has 0 N–H and O–H groups in total. The zero-order valence-electron chi connectivity index (χ0n) is 16.2. The number of rotatable bonds is 5. The van der Waals surface area contributed by atoms with Gasteiger partial charge in [0.25, 0.3) is 5.69 Å². The highest BCUT2D eigenvalue weighted by atomic mass is 19.1. The van der Waals surface area contributed by atoms with Gasteiger partial charge in [0, 0.05) is 17.7 Å². The molecule has 0 atom stereocenters. The summed E-state index contributed by atoms with van der Waals surface area (Å²) in [5, 5.41) is 10.7. The van der Waals surface area contributed by atoms with E-state index in [1.165, 1.54) is 60.7 Å². The van der Waals surface area contributed by atoms with E-state index < -0.39 is 22.7 Å². The van der Waals surface area contributed by atoms with Crippen molar-refractivity contribution in [1.82, 2.24) is 0 Å². The van der Waals surface area contributed by atoms with Gasteiger partial charge >= 0.3 is 11.9 Å². The fraction of sp³-hybridized carbons (Fsp3) is 0. The maximum Gasteiger partial charge on any atom is 0.363 e. The fourth-order valence-electron chi connectivity index (χ4n) is 2.83. The van der Waals surface area contributed by atoms with Gasteiger partial charge in [0.15, 0.2) is 5.70 Å². The van der Waals surface area contributed by atoms with Crippen LogP contribution in [-0.2, 0) is 9.53 Å². The number of carbonyl (C=O) groups excluding carboxylic acids is 2. The molecule has 1 aliphatic heterocycles. The van der Waals surface area contributed by atoms with Crippen LogP contribution in [0.25, 0.3) is 6.08 Å². The molecule has 0 amide bonds. The highest BCUT2D eigenvalue weighted by molar-refractivity contribution is 6.12. The van der Waals surface area contributed by atoms with Crippen LogP contribution in [0.5, 0.6) is 5.75 Å². The number of aliphatic imine (C=N–C) groups is 1. The van der Waals surface area contributed by atoms with Crippen LogP contribution in [0.15, 0.2) is 83.5 Å². The SMILES string of the molecule is O=C1OC(c2cccc(F)c2)=N/C1=C\c1ccc(OC(=O)c2ccc([N+](=O)[O-])cc2)cc1. The number of nitrogens with zero attached hydrogens (tertiary/aromatic N) is 2. The molecule has 0 spiro atoms. The summed E-state index contributed by atoms with van der Waals surface area (Å²) in [4.78, 5) is 38.5. The molecule has 3 aromatic rings. The summed E-state index contributed by atoms with van der Waals surface area (Å²) in [6.07, 6.45) is 1.48. The Bertz CT molecular complexity index is 1280. The number of hydrogen-bond donors (Lipinski definition) is 0. The molecule has 0 aliphatic carbocycles. The van der Waals surface area contributed by atoms with Gasteiger partial charge < -0.3 is 9.47 Å². The van der Waals surface area contributed by atoms with E-state index in [-0.39, 0.29) is 28.6 Å². The van der Waals surface area contributed by atoms with Gasteiger partial charge in [0.2, 0.25) is 5.90 Å². The lowest BCUT2D eigenvalue weighted by molar-refractivity contribution is -0.384. The summed E-state index contributed by atoms with van der Waals surface area (Å²) in [6.45, 7) is 0. The number of hydrogen-bond acceptors (Lipinski definition) is 7. The number of esters is 2. The Morgan fingerprint density at radius 2 is 1.78 bits per heavy atom. The van der Waals surface area contributed by atoms with Crippen molar-refractivity contribution in [3.05, 3.63) is 111 Å². The highest BCUT2D eigenvalue weighted by Crippen LogP contribution is 2.22. The number of benzene rings is 3. The Hall–Kier alpha value is -4.66. The van der Waals surface area contributed by atoms with Crippen molar-refractivity contribution in [2.45, 2.75) is 0 Å². The second kappa shape index (κ2) is 8.60. The van der Waals surface area contributed by atoms with Crippen LogP contribution >= 0.6 is 0 Å². The summed E-state index contributed by atoms with van der Waals surface area (Å²) in [5.74, 6) is -1.56. The smallest absolute Gasteiger partial charge is 0.363 e. The quantitative estimate of drug-likeness (QED) is 0.196. The topological polar surface area (TPSA) is 108 Å². The van der Waals surface area contributed by atoms with Gasteiger partial charge in [-0.1, -0.05) is 18.2 Å². The molecule has 9 heteroatoms. The molecular formula is C23H13FN2O6. The van der Waals surface area contributed by atoms with Gasteiger partial charge in [0.1, 0.15) is 11.6 Å². The third-order valence-corrected chi connectivity index (χ3v) is 4.40. The highest BCUT2D eigenvalue weighted by Gasteiger charge is 2.24. The number of non-ortho nitro benzene ring substituents is 1. The van der Waals surface area contributed by atoms with Gasteiger partial charge in [-0.15, -0.1) is 0 Å². The Morgan fingerprint density at radius 1 is 1.06 bits per heavy atom. The minimum atomic E-state index is -0.672. The molecular weight excluding hydrogens is 419 g/mol. The first kappa shape index (κ1) is 20.6. The van der Waals surface area contributed by atoms with Crippen LogP contribution in [0.3, 0.4) is 0 Å². The lowest BCUT2D eigenvalue weighted by Crippen LogP contribution is -2.08. The largest absolute Gasteiger partial charge is 0.423 e. The average molecular weight is 432 g/mol. The van der Waals surface area contributed by atoms with Crippen LogP contribution in [-0.4, -0.2) is 22.8 Å². The summed E-state index contributed by atoms with van der Waals surface area (Å²) in [7, 11) is 0. The maximum absolute atomic E-state index is 13.4. The van der Waals surface area contributed by atoms with E-state index in [1.54, 1.807) is 18.2 Å². The number of nitro groups is 1. The van der Waals surface area contributed by atoms with Crippen molar-refractivity contribution < 1.29 is 28.4 Å².